The van der Waals surface area contributed by atoms with Crippen LogP contribution < -0.4 is 4.74 Å². The molecule has 6 aromatic rings. The Balaban J connectivity index is 0.00000386. The van der Waals surface area contributed by atoms with Crippen molar-refractivity contribution >= 4 is 76.3 Å². The highest BCUT2D eigenvalue weighted by atomic mass is 35.5. The molecule has 0 saturated carbocycles. The van der Waals surface area contributed by atoms with Crippen LogP contribution in [-0.4, -0.2) is 41.8 Å². The Morgan fingerprint density at radius 2 is 1.77 bits per heavy atom. The zero-order valence-corrected chi connectivity index (χ0v) is 30.0. The first-order chi connectivity index (χ1) is 22.2. The van der Waals surface area contributed by atoms with Gasteiger partial charge in [-0.05, 0) is 55.0 Å². The summed E-state index contributed by atoms with van der Waals surface area (Å²) in [4.78, 5) is 13.8. The second-order valence-electron chi connectivity index (χ2n) is 11.7. The molecule has 0 amide bonds. The molecule has 0 aliphatic carbocycles. The molecule has 1 aliphatic heterocycles. The molecule has 4 heterocycles. The molecule has 8 nitrogen and oxygen atoms in total. The molecular formula is C35H36ClN5O3S3. The molecule has 3 aromatic heterocycles. The summed E-state index contributed by atoms with van der Waals surface area (Å²) in [5.74, 6) is 2.04. The van der Waals surface area contributed by atoms with Crippen LogP contribution >= 0.6 is 48.6 Å². The van der Waals surface area contributed by atoms with E-state index >= 15 is 0 Å². The van der Waals surface area contributed by atoms with Crippen LogP contribution in [0.1, 0.15) is 45.2 Å². The van der Waals surface area contributed by atoms with Crippen molar-refractivity contribution in [2.45, 2.75) is 41.9 Å². The number of aromatic nitrogens is 5. The normalized spacial score (nSPS) is 14.0. The van der Waals surface area contributed by atoms with Crippen LogP contribution in [0.4, 0.5) is 0 Å². The van der Waals surface area contributed by atoms with E-state index in [0.29, 0.717) is 30.2 Å². The van der Waals surface area contributed by atoms with Gasteiger partial charge >= 0.3 is 5.97 Å². The maximum absolute atomic E-state index is 12.7. The van der Waals surface area contributed by atoms with E-state index in [0.717, 1.165) is 83.3 Å². The van der Waals surface area contributed by atoms with Gasteiger partial charge in [0.1, 0.15) is 11.4 Å². The van der Waals surface area contributed by atoms with Crippen molar-refractivity contribution in [3.63, 3.8) is 0 Å². The molecule has 0 spiro atoms. The third-order valence-corrected chi connectivity index (χ3v) is 11.1. The minimum Gasteiger partial charge on any atom is -0.493 e. The third kappa shape index (κ3) is 6.14. The minimum absolute atomic E-state index is 0. The van der Waals surface area contributed by atoms with Crippen LogP contribution in [0.2, 0.25) is 5.02 Å². The lowest BCUT2D eigenvalue weighted by atomic mass is 9.98. The van der Waals surface area contributed by atoms with Crippen LogP contribution in [0, 0.1) is 6.92 Å². The van der Waals surface area contributed by atoms with Crippen LogP contribution in [0.15, 0.2) is 59.5 Å². The monoisotopic (exact) mass is 705 g/mol. The van der Waals surface area contributed by atoms with Crippen molar-refractivity contribution < 1.29 is 14.6 Å². The van der Waals surface area contributed by atoms with E-state index in [1.807, 2.05) is 61.7 Å². The number of carboxylic acids is 1. The minimum atomic E-state index is -0.963. The fourth-order valence-electron chi connectivity index (χ4n) is 6.54. The van der Waals surface area contributed by atoms with Crippen LogP contribution in [0.5, 0.6) is 5.75 Å². The number of benzene rings is 3. The molecule has 0 radical (unpaired) electrons. The standard InChI is InChI=1S/C35H34ClN5O3S2.H2S/c1-20-31-29(38-40(20)3)19-45-17-22-15-23(41(4)37-22)18-46-24-14-21-8-5-6-9-25(21)30(16-24)44-13-7-10-26-27-11-12-28(36)32(31)33(27)39(2)34(26)35(42)43;/h5-6,8-9,11-12,14-16H,7,10,13,17-19H2,1-4H3,(H,42,43);1H2. The summed E-state index contributed by atoms with van der Waals surface area (Å²) in [6.45, 7) is 2.48. The van der Waals surface area contributed by atoms with Crippen molar-refractivity contribution in [2.75, 3.05) is 6.61 Å². The zero-order chi connectivity index (χ0) is 32.1. The van der Waals surface area contributed by atoms with Crippen molar-refractivity contribution in [3.8, 4) is 16.9 Å². The number of carbonyl (C=O) groups is 1. The van der Waals surface area contributed by atoms with Crippen LogP contribution in [0.25, 0.3) is 32.8 Å². The quantitative estimate of drug-likeness (QED) is 0.184. The predicted octanol–water partition coefficient (Wildman–Crippen LogP) is 8.29. The van der Waals surface area contributed by atoms with E-state index < -0.39 is 5.97 Å². The number of nitrogens with zero attached hydrogens (tertiary/aromatic N) is 5. The van der Waals surface area contributed by atoms with Gasteiger partial charge in [0, 0.05) is 76.6 Å². The zero-order valence-electron chi connectivity index (χ0n) is 26.6. The lowest BCUT2D eigenvalue weighted by molar-refractivity contribution is 0.0685. The number of halogens is 1. The fraction of sp³-hybridized carbons (Fsp3) is 0.286. The smallest absolute Gasteiger partial charge is 0.352 e. The number of hydrogen-bond acceptors (Lipinski definition) is 6. The highest BCUT2D eigenvalue weighted by Gasteiger charge is 2.27. The first-order valence-corrected chi connectivity index (χ1v) is 17.7. The number of carboxylic acid groups (broad SMARTS) is 1. The molecule has 0 saturated heterocycles. The third-order valence-electron chi connectivity index (χ3n) is 8.80. The average Bonchev–Trinajstić information content (AvgIpc) is 3.63. The van der Waals surface area contributed by atoms with Gasteiger partial charge in [0.05, 0.1) is 28.5 Å². The number of rotatable bonds is 1. The van der Waals surface area contributed by atoms with E-state index in [2.05, 4.69) is 30.3 Å². The molecule has 47 heavy (non-hydrogen) atoms. The van der Waals surface area contributed by atoms with Crippen molar-refractivity contribution in [1.82, 2.24) is 24.1 Å². The molecule has 0 unspecified atom stereocenters. The summed E-state index contributed by atoms with van der Waals surface area (Å²) in [5, 5.41) is 23.8. The first kappa shape index (κ1) is 33.4. The van der Waals surface area contributed by atoms with Gasteiger partial charge in [0.25, 0.3) is 0 Å². The Morgan fingerprint density at radius 1 is 0.957 bits per heavy atom. The molecule has 8 bridgehead atoms. The number of ether oxygens (including phenoxy) is 1. The predicted molar refractivity (Wildman–Crippen MR) is 198 cm³/mol. The van der Waals surface area contributed by atoms with Gasteiger partial charge < -0.3 is 14.4 Å². The fourth-order valence-corrected chi connectivity index (χ4v) is 8.62. The molecule has 0 fully saturated rings. The summed E-state index contributed by atoms with van der Waals surface area (Å²) >= 11 is 10.5. The lowest BCUT2D eigenvalue weighted by Gasteiger charge is -2.12. The Bertz CT molecular complexity index is 2150. The second kappa shape index (κ2) is 13.5. The van der Waals surface area contributed by atoms with Gasteiger partial charge in [-0.3, -0.25) is 9.36 Å². The summed E-state index contributed by atoms with van der Waals surface area (Å²) in [5.41, 5.74) is 7.70. The Morgan fingerprint density at radius 3 is 2.57 bits per heavy atom. The van der Waals surface area contributed by atoms with Gasteiger partial charge in [-0.2, -0.15) is 23.7 Å². The number of fused-ring (bicyclic) bond motifs is 8. The summed E-state index contributed by atoms with van der Waals surface area (Å²) in [6.07, 6.45) is 1.19. The summed E-state index contributed by atoms with van der Waals surface area (Å²) in [7, 11) is 5.75. The highest BCUT2D eigenvalue weighted by molar-refractivity contribution is 7.98. The molecule has 7 rings (SSSR count). The van der Waals surface area contributed by atoms with Crippen molar-refractivity contribution in [3.05, 3.63) is 93.7 Å². The number of aromatic carboxylic acids is 1. The molecule has 244 valence electrons. The highest BCUT2D eigenvalue weighted by Crippen LogP contribution is 2.43. The van der Waals surface area contributed by atoms with Gasteiger partial charge in [-0.25, -0.2) is 4.79 Å². The van der Waals surface area contributed by atoms with Gasteiger partial charge in [-0.1, -0.05) is 41.9 Å². The van der Waals surface area contributed by atoms with E-state index in [9.17, 15) is 9.90 Å². The SMILES string of the molecule is Cc1c2c(nn1C)CSCc1cc(n(C)n1)CSc1cc(c3ccccc3c1)OCCCc1c(C(=O)O)n(C)c3c-2c(Cl)ccc13.S. The number of thioether (sulfide) groups is 2. The number of aryl methyl sites for hydroxylation is 4. The van der Waals surface area contributed by atoms with Gasteiger partial charge in [0.2, 0.25) is 0 Å². The maximum Gasteiger partial charge on any atom is 0.352 e. The molecule has 3 aromatic carbocycles. The molecule has 12 heteroatoms. The topological polar surface area (TPSA) is 87.1 Å². The molecule has 1 N–H and O–H groups in total. The molecule has 0 atom stereocenters. The number of hydrogen-bond donors (Lipinski definition) is 1. The van der Waals surface area contributed by atoms with E-state index in [1.54, 1.807) is 28.1 Å². The summed E-state index contributed by atoms with van der Waals surface area (Å²) in [6, 6.07) is 18.6. The molecular weight excluding hydrogens is 670 g/mol. The van der Waals surface area contributed by atoms with Crippen LogP contribution in [-0.2, 0) is 44.8 Å². The largest absolute Gasteiger partial charge is 0.493 e. The van der Waals surface area contributed by atoms with Crippen LogP contribution in [0.3, 0.4) is 0 Å². The Kier molecular flexibility index (Phi) is 9.62. The lowest BCUT2D eigenvalue weighted by Crippen LogP contribution is -2.09. The second-order valence-corrected chi connectivity index (χ2v) is 14.1. The maximum atomic E-state index is 12.7. The average molecular weight is 706 g/mol. The van der Waals surface area contributed by atoms with Gasteiger partial charge in [0.15, 0.2) is 0 Å². The van der Waals surface area contributed by atoms with Crippen molar-refractivity contribution in [2.24, 2.45) is 21.1 Å². The van der Waals surface area contributed by atoms with Gasteiger partial charge in [-0.15, -0.1) is 23.5 Å². The Hall–Kier alpha value is -3.51. The van der Waals surface area contributed by atoms with Crippen molar-refractivity contribution in [1.29, 1.82) is 0 Å². The molecule has 1 aliphatic rings. The van der Waals surface area contributed by atoms with E-state index in [1.165, 1.54) is 0 Å². The Labute approximate surface area is 293 Å². The van der Waals surface area contributed by atoms with E-state index in [-0.39, 0.29) is 19.2 Å². The van der Waals surface area contributed by atoms with E-state index in [4.69, 9.17) is 26.5 Å². The first-order valence-electron chi connectivity index (χ1n) is 15.1. The summed E-state index contributed by atoms with van der Waals surface area (Å²) < 4.78 is 12.1.